The molecule has 0 aliphatic carbocycles. The molecule has 2 N–H and O–H groups in total. The Morgan fingerprint density at radius 3 is 2.63 bits per heavy atom. The van der Waals surface area contributed by atoms with Crippen LogP contribution < -0.4 is 5.32 Å². The molecule has 156 valence electrons. The minimum absolute atomic E-state index is 0.0476. The largest absolute Gasteiger partial charge is 0.461 e. The second-order valence-electron chi connectivity index (χ2n) is 6.41. The molecule has 0 bridgehead atoms. The number of carbonyl (C=O) groups excluding carboxylic acids is 1. The minimum Gasteiger partial charge on any atom is -0.461 e. The molecule has 0 atom stereocenters. The first-order valence-electron chi connectivity index (χ1n) is 9.14. The monoisotopic (exact) mass is 448 g/mol. The van der Waals surface area contributed by atoms with E-state index in [1.807, 2.05) is 0 Å². The lowest BCUT2D eigenvalue weighted by Gasteiger charge is -2.25. The quantitative estimate of drug-likeness (QED) is 0.452. The summed E-state index contributed by atoms with van der Waals surface area (Å²) in [5.74, 6) is -1.09. The number of ether oxygens (including phenoxy) is 2. The van der Waals surface area contributed by atoms with Crippen LogP contribution >= 0.6 is 23.2 Å². The van der Waals surface area contributed by atoms with Crippen molar-refractivity contribution in [1.82, 2.24) is 0 Å². The first-order chi connectivity index (χ1) is 14.4. The zero-order chi connectivity index (χ0) is 21.7. The zero-order valence-electron chi connectivity index (χ0n) is 16.1. The van der Waals surface area contributed by atoms with Gasteiger partial charge in [0.1, 0.15) is 11.5 Å². The number of carbonyl (C=O) groups is 1. The van der Waals surface area contributed by atoms with Crippen LogP contribution in [0.4, 0.5) is 10.1 Å². The average Bonchev–Trinajstić information content (AvgIpc) is 2.72. The molecule has 0 spiro atoms. The van der Waals surface area contributed by atoms with Crippen LogP contribution in [-0.2, 0) is 14.3 Å². The summed E-state index contributed by atoms with van der Waals surface area (Å²) in [4.78, 5) is 12.2. The van der Waals surface area contributed by atoms with Crippen molar-refractivity contribution < 1.29 is 18.7 Å². The highest BCUT2D eigenvalue weighted by Gasteiger charge is 2.26. The molecule has 0 unspecified atom stereocenters. The van der Waals surface area contributed by atoms with Crippen molar-refractivity contribution in [2.24, 2.45) is 0 Å². The minimum atomic E-state index is -0.749. The Hall–Kier alpha value is -2.67. The lowest BCUT2D eigenvalue weighted by molar-refractivity contribution is -0.135. The molecule has 8 heteroatoms. The summed E-state index contributed by atoms with van der Waals surface area (Å²) >= 11 is 12.3. The number of halogens is 3. The zero-order valence-corrected chi connectivity index (χ0v) is 17.6. The van der Waals surface area contributed by atoms with Crippen LogP contribution in [0.2, 0.25) is 10.0 Å². The van der Waals surface area contributed by atoms with Crippen LogP contribution in [0.1, 0.15) is 12.5 Å². The number of benzene rings is 2. The molecule has 1 heterocycles. The molecule has 1 aliphatic rings. The van der Waals surface area contributed by atoms with E-state index in [-0.39, 0.29) is 31.3 Å². The van der Waals surface area contributed by atoms with Crippen LogP contribution in [0.3, 0.4) is 0 Å². The summed E-state index contributed by atoms with van der Waals surface area (Å²) in [7, 11) is 0. The van der Waals surface area contributed by atoms with E-state index in [1.165, 1.54) is 12.1 Å². The van der Waals surface area contributed by atoms with Gasteiger partial charge in [-0.3, -0.25) is 5.41 Å². The van der Waals surface area contributed by atoms with E-state index in [9.17, 15) is 9.18 Å². The third kappa shape index (κ3) is 5.27. The van der Waals surface area contributed by atoms with Crippen LogP contribution in [-0.4, -0.2) is 31.5 Å². The number of nitrogens with one attached hydrogen (secondary N) is 2. The van der Waals surface area contributed by atoms with Gasteiger partial charge >= 0.3 is 5.97 Å². The van der Waals surface area contributed by atoms with Gasteiger partial charge in [-0.15, -0.1) is 0 Å². The third-order valence-corrected chi connectivity index (χ3v) is 4.86. The van der Waals surface area contributed by atoms with Gasteiger partial charge in [0.2, 0.25) is 0 Å². The van der Waals surface area contributed by atoms with Crippen molar-refractivity contribution in [3.05, 3.63) is 80.7 Å². The maximum atomic E-state index is 13.3. The Kier molecular flexibility index (Phi) is 7.26. The Balaban J connectivity index is 2.08. The van der Waals surface area contributed by atoms with E-state index in [1.54, 1.807) is 43.3 Å². The number of rotatable bonds is 6. The van der Waals surface area contributed by atoms with Gasteiger partial charge in [-0.2, -0.15) is 0 Å². The van der Waals surface area contributed by atoms with Gasteiger partial charge in [-0.05, 0) is 48.9 Å². The molecule has 2 aromatic rings. The molecule has 0 saturated heterocycles. The molecule has 0 amide bonds. The standard InChI is InChI=1S/C22H19Cl2FN2O3/c1-2-30-22(28)20(26)17-12-29-11-14(9-13-3-6-16(25)7-4-13)21(17)27-19-8-5-15(23)10-18(19)24/h3-10,26-27H,2,11-12H2,1H3/b14-9+,26-20?. The van der Waals surface area contributed by atoms with E-state index >= 15 is 0 Å². The molecule has 1 aliphatic heterocycles. The van der Waals surface area contributed by atoms with Gasteiger partial charge in [0.25, 0.3) is 0 Å². The van der Waals surface area contributed by atoms with Gasteiger partial charge in [-0.1, -0.05) is 35.3 Å². The van der Waals surface area contributed by atoms with Crippen molar-refractivity contribution in [3.63, 3.8) is 0 Å². The summed E-state index contributed by atoms with van der Waals surface area (Å²) < 4.78 is 23.9. The van der Waals surface area contributed by atoms with E-state index < -0.39 is 5.97 Å². The fourth-order valence-corrected chi connectivity index (χ4v) is 3.34. The summed E-state index contributed by atoms with van der Waals surface area (Å²) in [5.41, 5.74) is 2.49. The molecule has 3 rings (SSSR count). The summed E-state index contributed by atoms with van der Waals surface area (Å²) in [6.07, 6.45) is 1.79. The number of esters is 1. The highest BCUT2D eigenvalue weighted by molar-refractivity contribution is 6.42. The summed E-state index contributed by atoms with van der Waals surface area (Å²) in [6, 6.07) is 10.9. The normalized spacial score (nSPS) is 15.3. The molecule has 30 heavy (non-hydrogen) atoms. The Labute approximate surface area is 183 Å². The van der Waals surface area contributed by atoms with E-state index in [4.69, 9.17) is 38.1 Å². The molecule has 0 fully saturated rings. The molecular formula is C22H19Cl2FN2O3. The maximum Gasteiger partial charge on any atom is 0.356 e. The molecule has 2 aromatic carbocycles. The lowest BCUT2D eigenvalue weighted by atomic mass is 9.98. The molecule has 0 radical (unpaired) electrons. The molecule has 0 aromatic heterocycles. The van der Waals surface area contributed by atoms with E-state index in [0.29, 0.717) is 32.6 Å². The molecular weight excluding hydrogens is 430 g/mol. The smallest absolute Gasteiger partial charge is 0.356 e. The van der Waals surface area contributed by atoms with E-state index in [2.05, 4.69) is 5.32 Å². The van der Waals surface area contributed by atoms with Crippen LogP contribution in [0, 0.1) is 11.2 Å². The van der Waals surface area contributed by atoms with Crippen LogP contribution in [0.5, 0.6) is 0 Å². The Morgan fingerprint density at radius 1 is 1.23 bits per heavy atom. The van der Waals surface area contributed by atoms with E-state index in [0.717, 1.165) is 5.56 Å². The maximum absolute atomic E-state index is 13.3. The van der Waals surface area contributed by atoms with Crippen LogP contribution in [0.25, 0.3) is 6.08 Å². The number of hydrogen-bond donors (Lipinski definition) is 2. The fourth-order valence-electron chi connectivity index (χ4n) is 2.88. The van der Waals surface area contributed by atoms with Crippen molar-refractivity contribution in [2.45, 2.75) is 6.92 Å². The summed E-state index contributed by atoms with van der Waals surface area (Å²) in [6.45, 7) is 2.10. The first kappa shape index (κ1) is 22.0. The number of anilines is 1. The lowest BCUT2D eigenvalue weighted by Crippen LogP contribution is -2.28. The van der Waals surface area contributed by atoms with Gasteiger partial charge in [-0.25, -0.2) is 9.18 Å². The van der Waals surface area contributed by atoms with Crippen molar-refractivity contribution >= 4 is 46.6 Å². The van der Waals surface area contributed by atoms with Gasteiger partial charge in [0.15, 0.2) is 0 Å². The van der Waals surface area contributed by atoms with Gasteiger partial charge < -0.3 is 14.8 Å². The van der Waals surface area contributed by atoms with Crippen molar-refractivity contribution in [3.8, 4) is 0 Å². The average molecular weight is 449 g/mol. The molecule has 0 saturated carbocycles. The topological polar surface area (TPSA) is 71.4 Å². The fraction of sp³-hybridized carbons (Fsp3) is 0.182. The first-order valence-corrected chi connectivity index (χ1v) is 9.90. The van der Waals surface area contributed by atoms with Gasteiger partial charge in [0.05, 0.1) is 36.2 Å². The highest BCUT2D eigenvalue weighted by atomic mass is 35.5. The van der Waals surface area contributed by atoms with Crippen molar-refractivity contribution in [1.29, 1.82) is 5.41 Å². The summed E-state index contributed by atoms with van der Waals surface area (Å²) in [5, 5.41) is 12.4. The predicted molar refractivity (Wildman–Crippen MR) is 117 cm³/mol. The number of hydrogen-bond acceptors (Lipinski definition) is 5. The Bertz CT molecular complexity index is 1030. The SMILES string of the molecule is CCOC(=O)C(=N)C1=C(Nc2ccc(Cl)cc2Cl)/C(=C/c2ccc(F)cc2)COC1. The van der Waals surface area contributed by atoms with Gasteiger partial charge in [0, 0.05) is 16.2 Å². The third-order valence-electron chi connectivity index (χ3n) is 4.31. The van der Waals surface area contributed by atoms with Crippen molar-refractivity contribution in [2.75, 3.05) is 25.1 Å². The highest BCUT2D eigenvalue weighted by Crippen LogP contribution is 2.31. The Morgan fingerprint density at radius 2 is 1.97 bits per heavy atom. The predicted octanol–water partition coefficient (Wildman–Crippen LogP) is 5.50. The second-order valence-corrected chi connectivity index (χ2v) is 7.26. The second kappa shape index (κ2) is 9.89. The molecule has 5 nitrogen and oxygen atoms in total. The van der Waals surface area contributed by atoms with Crippen LogP contribution in [0.15, 0.2) is 59.3 Å².